The number of benzene rings is 2. The second-order valence-electron chi connectivity index (χ2n) is 6.14. The molecule has 2 aromatic carbocycles. The highest BCUT2D eigenvalue weighted by Gasteiger charge is 2.36. The summed E-state index contributed by atoms with van der Waals surface area (Å²) in [5.41, 5.74) is 2.62. The van der Waals surface area contributed by atoms with Gasteiger partial charge in [-0.1, -0.05) is 37.3 Å². The SMILES string of the molecule is CC[C@H](C)N1C(=O)c2ccccc2N[C@@H]1c1ccccc1C(=O)OC. The zero-order valence-corrected chi connectivity index (χ0v) is 14.7. The molecule has 1 amide bonds. The van der Waals surface area contributed by atoms with Gasteiger partial charge in [0.05, 0.1) is 18.2 Å². The molecule has 0 spiro atoms. The number of hydrogen-bond donors (Lipinski definition) is 1. The number of carbonyl (C=O) groups excluding carboxylic acids is 2. The van der Waals surface area contributed by atoms with E-state index in [0.29, 0.717) is 11.1 Å². The summed E-state index contributed by atoms with van der Waals surface area (Å²) in [6.45, 7) is 4.06. The molecule has 0 aromatic heterocycles. The maximum atomic E-state index is 13.1. The molecule has 0 fully saturated rings. The lowest BCUT2D eigenvalue weighted by molar-refractivity contribution is 0.0557. The highest BCUT2D eigenvalue weighted by Crippen LogP contribution is 2.36. The van der Waals surface area contributed by atoms with Crippen molar-refractivity contribution in [1.82, 2.24) is 4.90 Å². The minimum absolute atomic E-state index is 0.0176. The highest BCUT2D eigenvalue weighted by molar-refractivity contribution is 6.02. The van der Waals surface area contributed by atoms with Crippen molar-refractivity contribution in [3.8, 4) is 0 Å². The van der Waals surface area contributed by atoms with Crippen LogP contribution in [-0.4, -0.2) is 29.9 Å². The van der Waals surface area contributed by atoms with E-state index >= 15 is 0 Å². The number of amides is 1. The maximum absolute atomic E-state index is 13.1. The van der Waals surface area contributed by atoms with Crippen molar-refractivity contribution in [3.63, 3.8) is 0 Å². The minimum atomic E-state index is -0.423. The standard InChI is InChI=1S/C20H22N2O3/c1-4-13(2)22-18(14-9-5-6-10-15(14)20(24)25-3)21-17-12-8-7-11-16(17)19(22)23/h5-13,18,21H,4H2,1-3H3/t13-,18-/m0/s1. The van der Waals surface area contributed by atoms with Gasteiger partial charge in [0.2, 0.25) is 0 Å². The number of hydrogen-bond acceptors (Lipinski definition) is 4. The van der Waals surface area contributed by atoms with Gasteiger partial charge >= 0.3 is 5.97 Å². The van der Waals surface area contributed by atoms with E-state index < -0.39 is 12.1 Å². The fourth-order valence-electron chi connectivity index (χ4n) is 3.18. The van der Waals surface area contributed by atoms with E-state index in [4.69, 9.17) is 4.74 Å². The second-order valence-corrected chi connectivity index (χ2v) is 6.14. The van der Waals surface area contributed by atoms with Gasteiger partial charge in [-0.15, -0.1) is 0 Å². The molecule has 0 unspecified atom stereocenters. The zero-order valence-electron chi connectivity index (χ0n) is 14.7. The quantitative estimate of drug-likeness (QED) is 0.861. The van der Waals surface area contributed by atoms with E-state index in [1.807, 2.05) is 55.1 Å². The molecule has 2 aromatic rings. The van der Waals surface area contributed by atoms with E-state index in [2.05, 4.69) is 5.32 Å². The van der Waals surface area contributed by atoms with Crippen LogP contribution in [0.15, 0.2) is 48.5 Å². The Morgan fingerprint density at radius 2 is 1.88 bits per heavy atom. The number of rotatable bonds is 4. The molecule has 1 aliphatic heterocycles. The molecule has 3 rings (SSSR count). The van der Waals surface area contributed by atoms with Gasteiger partial charge in [0.1, 0.15) is 6.17 Å². The Labute approximate surface area is 147 Å². The smallest absolute Gasteiger partial charge is 0.338 e. The van der Waals surface area contributed by atoms with Crippen LogP contribution in [0.25, 0.3) is 0 Å². The van der Waals surface area contributed by atoms with Crippen LogP contribution in [-0.2, 0) is 4.74 Å². The van der Waals surface area contributed by atoms with E-state index in [9.17, 15) is 9.59 Å². The first-order chi connectivity index (χ1) is 12.1. The summed E-state index contributed by atoms with van der Waals surface area (Å²) >= 11 is 0. The Bertz CT molecular complexity index is 803. The third-order valence-corrected chi connectivity index (χ3v) is 4.69. The third-order valence-electron chi connectivity index (χ3n) is 4.69. The molecule has 0 radical (unpaired) electrons. The molecule has 0 saturated carbocycles. The van der Waals surface area contributed by atoms with Crippen LogP contribution in [0.3, 0.4) is 0 Å². The Morgan fingerprint density at radius 3 is 2.60 bits per heavy atom. The molecule has 0 saturated heterocycles. The lowest BCUT2D eigenvalue weighted by Crippen LogP contribution is -2.47. The van der Waals surface area contributed by atoms with Crippen LogP contribution in [0.1, 0.15) is 52.7 Å². The summed E-state index contributed by atoms with van der Waals surface area (Å²) in [5.74, 6) is -0.443. The first-order valence-corrected chi connectivity index (χ1v) is 8.44. The van der Waals surface area contributed by atoms with Gasteiger partial charge < -0.3 is 15.0 Å². The lowest BCUT2D eigenvalue weighted by Gasteiger charge is -2.42. The Hall–Kier alpha value is -2.82. The summed E-state index contributed by atoms with van der Waals surface area (Å²) in [6, 6.07) is 14.7. The van der Waals surface area contributed by atoms with Crippen LogP contribution in [0.2, 0.25) is 0 Å². The number of fused-ring (bicyclic) bond motifs is 1. The normalized spacial score (nSPS) is 17.5. The summed E-state index contributed by atoms with van der Waals surface area (Å²) < 4.78 is 4.92. The van der Waals surface area contributed by atoms with Gasteiger partial charge in [0.15, 0.2) is 0 Å². The zero-order chi connectivity index (χ0) is 18.0. The summed E-state index contributed by atoms with van der Waals surface area (Å²) in [4.78, 5) is 27.1. The summed E-state index contributed by atoms with van der Waals surface area (Å²) in [6.07, 6.45) is 0.389. The molecule has 130 valence electrons. The predicted molar refractivity (Wildman–Crippen MR) is 96.5 cm³/mol. The van der Waals surface area contributed by atoms with Crippen LogP contribution in [0, 0.1) is 0 Å². The van der Waals surface area contributed by atoms with Crippen molar-refractivity contribution in [3.05, 3.63) is 65.2 Å². The van der Waals surface area contributed by atoms with Crippen molar-refractivity contribution in [2.24, 2.45) is 0 Å². The van der Waals surface area contributed by atoms with Gasteiger partial charge in [-0.05, 0) is 31.5 Å². The molecule has 2 atom stereocenters. The first-order valence-electron chi connectivity index (χ1n) is 8.44. The number of nitrogens with one attached hydrogen (secondary N) is 1. The van der Waals surface area contributed by atoms with Crippen LogP contribution >= 0.6 is 0 Å². The van der Waals surface area contributed by atoms with Crippen molar-refractivity contribution >= 4 is 17.6 Å². The third kappa shape index (κ3) is 2.97. The Kier molecular flexibility index (Phi) is 4.74. The van der Waals surface area contributed by atoms with Crippen LogP contribution in [0.5, 0.6) is 0 Å². The Morgan fingerprint density at radius 1 is 1.20 bits per heavy atom. The number of methoxy groups -OCH3 is 1. The van der Waals surface area contributed by atoms with Crippen LogP contribution in [0.4, 0.5) is 5.69 Å². The number of nitrogens with zero attached hydrogens (tertiary/aromatic N) is 1. The molecular formula is C20H22N2O3. The van der Waals surface area contributed by atoms with Gasteiger partial charge in [0.25, 0.3) is 5.91 Å². The van der Waals surface area contributed by atoms with Gasteiger partial charge in [-0.3, -0.25) is 4.79 Å². The van der Waals surface area contributed by atoms with Crippen molar-refractivity contribution in [2.45, 2.75) is 32.5 Å². The minimum Gasteiger partial charge on any atom is -0.465 e. The van der Waals surface area contributed by atoms with Gasteiger partial charge in [0, 0.05) is 17.3 Å². The number of ether oxygens (including phenoxy) is 1. The molecule has 1 heterocycles. The molecule has 1 N–H and O–H groups in total. The van der Waals surface area contributed by atoms with Crippen molar-refractivity contribution < 1.29 is 14.3 Å². The summed E-state index contributed by atoms with van der Waals surface area (Å²) in [7, 11) is 1.36. The fourth-order valence-corrected chi connectivity index (χ4v) is 3.18. The van der Waals surface area contributed by atoms with Gasteiger partial charge in [-0.2, -0.15) is 0 Å². The largest absolute Gasteiger partial charge is 0.465 e. The molecular weight excluding hydrogens is 316 g/mol. The monoisotopic (exact) mass is 338 g/mol. The first kappa shape index (κ1) is 17.0. The lowest BCUT2D eigenvalue weighted by atomic mass is 9.97. The molecule has 0 aliphatic carbocycles. The maximum Gasteiger partial charge on any atom is 0.338 e. The molecule has 5 heteroatoms. The number of esters is 1. The fraction of sp³-hybridized carbons (Fsp3) is 0.300. The number of anilines is 1. The number of para-hydroxylation sites is 1. The molecule has 5 nitrogen and oxygen atoms in total. The highest BCUT2D eigenvalue weighted by atomic mass is 16.5. The Balaban J connectivity index is 2.14. The van der Waals surface area contributed by atoms with E-state index in [0.717, 1.165) is 17.7 Å². The molecule has 0 bridgehead atoms. The average Bonchev–Trinajstić information content (AvgIpc) is 2.66. The van der Waals surface area contributed by atoms with Crippen LogP contribution < -0.4 is 5.32 Å². The molecule has 25 heavy (non-hydrogen) atoms. The van der Waals surface area contributed by atoms with E-state index in [1.54, 1.807) is 12.1 Å². The average molecular weight is 338 g/mol. The van der Waals surface area contributed by atoms with Crippen molar-refractivity contribution in [2.75, 3.05) is 12.4 Å². The van der Waals surface area contributed by atoms with Gasteiger partial charge in [-0.25, -0.2) is 4.79 Å². The second kappa shape index (κ2) is 6.97. The van der Waals surface area contributed by atoms with E-state index in [1.165, 1.54) is 7.11 Å². The summed E-state index contributed by atoms with van der Waals surface area (Å²) in [5, 5.41) is 3.43. The van der Waals surface area contributed by atoms with Crippen molar-refractivity contribution in [1.29, 1.82) is 0 Å². The predicted octanol–water partition coefficient (Wildman–Crippen LogP) is 3.84. The number of carbonyl (C=O) groups is 2. The topological polar surface area (TPSA) is 58.6 Å². The molecule has 1 aliphatic rings. The van der Waals surface area contributed by atoms with E-state index in [-0.39, 0.29) is 11.9 Å².